The van der Waals surface area contributed by atoms with Crippen LogP contribution in [0.25, 0.3) is 0 Å². The molecule has 0 amide bonds. The van der Waals surface area contributed by atoms with E-state index in [1.807, 2.05) is 0 Å². The standard InChI is InChI=1S/C14H20N4/c1-17-8-9-18(2)14(17)16-13-5-3-4-11-10-15-7-6-12(11)13/h3-5,15H,6-10H2,1-2H3. The van der Waals surface area contributed by atoms with Gasteiger partial charge in [-0.25, -0.2) is 4.99 Å². The Balaban J connectivity index is 2.00. The van der Waals surface area contributed by atoms with Crippen LogP contribution in [0.2, 0.25) is 0 Å². The average Bonchev–Trinajstić information content (AvgIpc) is 2.71. The predicted octanol–water partition coefficient (Wildman–Crippen LogP) is 1.20. The van der Waals surface area contributed by atoms with E-state index >= 15 is 0 Å². The van der Waals surface area contributed by atoms with E-state index in [1.54, 1.807) is 0 Å². The fraction of sp³-hybridized carbons (Fsp3) is 0.500. The first kappa shape index (κ1) is 11.5. The Kier molecular flexibility index (Phi) is 2.96. The second kappa shape index (κ2) is 4.61. The lowest BCUT2D eigenvalue weighted by Crippen LogP contribution is -2.28. The maximum absolute atomic E-state index is 4.87. The minimum absolute atomic E-state index is 0.972. The van der Waals surface area contributed by atoms with Gasteiger partial charge in [-0.3, -0.25) is 0 Å². The molecule has 1 saturated heterocycles. The zero-order chi connectivity index (χ0) is 12.5. The summed E-state index contributed by atoms with van der Waals surface area (Å²) < 4.78 is 0. The van der Waals surface area contributed by atoms with Gasteiger partial charge in [0.2, 0.25) is 5.96 Å². The number of guanidine groups is 1. The molecule has 96 valence electrons. The topological polar surface area (TPSA) is 30.9 Å². The van der Waals surface area contributed by atoms with Crippen molar-refractivity contribution < 1.29 is 0 Å². The van der Waals surface area contributed by atoms with Crippen LogP contribution in [0.5, 0.6) is 0 Å². The second-order valence-corrected chi connectivity index (χ2v) is 5.10. The summed E-state index contributed by atoms with van der Waals surface area (Å²) in [6.45, 7) is 4.15. The summed E-state index contributed by atoms with van der Waals surface area (Å²) >= 11 is 0. The third-order valence-corrected chi connectivity index (χ3v) is 3.79. The lowest BCUT2D eigenvalue weighted by molar-refractivity contribution is 0.553. The summed E-state index contributed by atoms with van der Waals surface area (Å²) in [5, 5.41) is 3.41. The summed E-state index contributed by atoms with van der Waals surface area (Å²) in [7, 11) is 4.22. The Morgan fingerprint density at radius 1 is 1.17 bits per heavy atom. The van der Waals surface area contributed by atoms with Gasteiger partial charge >= 0.3 is 0 Å². The van der Waals surface area contributed by atoms with Crippen molar-refractivity contribution in [1.82, 2.24) is 15.1 Å². The number of likely N-dealkylation sites (N-methyl/N-ethyl adjacent to an activating group) is 2. The Labute approximate surface area is 108 Å². The second-order valence-electron chi connectivity index (χ2n) is 5.10. The van der Waals surface area contributed by atoms with Gasteiger partial charge in [0, 0.05) is 33.7 Å². The molecule has 0 aliphatic carbocycles. The third-order valence-electron chi connectivity index (χ3n) is 3.79. The van der Waals surface area contributed by atoms with Crippen LogP contribution in [0, 0.1) is 0 Å². The molecule has 0 spiro atoms. The first-order valence-corrected chi connectivity index (χ1v) is 6.58. The van der Waals surface area contributed by atoms with Gasteiger partial charge in [0.1, 0.15) is 0 Å². The molecule has 1 aromatic rings. The van der Waals surface area contributed by atoms with E-state index in [0.29, 0.717) is 0 Å². The Hall–Kier alpha value is -1.55. The van der Waals surface area contributed by atoms with E-state index in [1.165, 1.54) is 11.1 Å². The average molecular weight is 244 g/mol. The van der Waals surface area contributed by atoms with Crippen molar-refractivity contribution in [2.75, 3.05) is 33.7 Å². The summed E-state index contributed by atoms with van der Waals surface area (Å²) in [6, 6.07) is 6.45. The maximum Gasteiger partial charge on any atom is 0.201 e. The Morgan fingerprint density at radius 3 is 2.72 bits per heavy atom. The number of hydrogen-bond donors (Lipinski definition) is 1. The molecule has 0 bridgehead atoms. The zero-order valence-corrected chi connectivity index (χ0v) is 11.1. The highest BCUT2D eigenvalue weighted by atomic mass is 15.4. The van der Waals surface area contributed by atoms with E-state index in [4.69, 9.17) is 4.99 Å². The minimum Gasteiger partial charge on any atom is -0.344 e. The normalized spacial score (nSPS) is 19.1. The number of rotatable bonds is 1. The van der Waals surface area contributed by atoms with Gasteiger partial charge < -0.3 is 15.1 Å². The van der Waals surface area contributed by atoms with Crippen LogP contribution in [0.15, 0.2) is 23.2 Å². The van der Waals surface area contributed by atoms with E-state index < -0.39 is 0 Å². The van der Waals surface area contributed by atoms with E-state index in [2.05, 4.69) is 47.4 Å². The van der Waals surface area contributed by atoms with Gasteiger partial charge in [0.05, 0.1) is 5.69 Å². The van der Waals surface area contributed by atoms with Gasteiger partial charge in [-0.15, -0.1) is 0 Å². The molecule has 4 nitrogen and oxygen atoms in total. The zero-order valence-electron chi connectivity index (χ0n) is 11.1. The van der Waals surface area contributed by atoms with Crippen LogP contribution in [-0.2, 0) is 13.0 Å². The molecule has 0 saturated carbocycles. The highest BCUT2D eigenvalue weighted by molar-refractivity contribution is 5.84. The molecule has 1 N–H and O–H groups in total. The lowest BCUT2D eigenvalue weighted by Gasteiger charge is -2.20. The quantitative estimate of drug-likeness (QED) is 0.805. The fourth-order valence-corrected chi connectivity index (χ4v) is 2.69. The smallest absolute Gasteiger partial charge is 0.201 e. The van der Waals surface area contributed by atoms with E-state index in [-0.39, 0.29) is 0 Å². The first-order valence-electron chi connectivity index (χ1n) is 6.58. The summed E-state index contributed by atoms with van der Waals surface area (Å²) in [4.78, 5) is 9.32. The van der Waals surface area contributed by atoms with Crippen LogP contribution in [-0.4, -0.2) is 49.5 Å². The monoisotopic (exact) mass is 244 g/mol. The van der Waals surface area contributed by atoms with Gasteiger partial charge in [-0.1, -0.05) is 12.1 Å². The molecule has 2 aliphatic rings. The first-order chi connectivity index (χ1) is 8.75. The van der Waals surface area contributed by atoms with Crippen molar-refractivity contribution in [3.63, 3.8) is 0 Å². The number of benzene rings is 1. The molecule has 0 atom stereocenters. The van der Waals surface area contributed by atoms with Crippen LogP contribution >= 0.6 is 0 Å². The number of nitrogens with one attached hydrogen (secondary N) is 1. The Bertz CT molecular complexity index is 469. The molecule has 2 aliphatic heterocycles. The molecule has 1 fully saturated rings. The van der Waals surface area contributed by atoms with E-state index in [9.17, 15) is 0 Å². The Morgan fingerprint density at radius 2 is 1.94 bits per heavy atom. The van der Waals surface area contributed by atoms with Crippen LogP contribution in [0.3, 0.4) is 0 Å². The van der Waals surface area contributed by atoms with Crippen molar-refractivity contribution in [3.05, 3.63) is 29.3 Å². The van der Waals surface area contributed by atoms with Crippen molar-refractivity contribution >= 4 is 11.6 Å². The van der Waals surface area contributed by atoms with Crippen LogP contribution in [0.4, 0.5) is 5.69 Å². The maximum atomic E-state index is 4.87. The highest BCUT2D eigenvalue weighted by Crippen LogP contribution is 2.26. The van der Waals surface area contributed by atoms with Gasteiger partial charge in [-0.05, 0) is 30.2 Å². The molecule has 3 rings (SSSR count). The lowest BCUT2D eigenvalue weighted by atomic mass is 9.99. The molecule has 4 heteroatoms. The SMILES string of the molecule is CN1CCN(C)C1=Nc1cccc2c1CCNC2. The van der Waals surface area contributed by atoms with Gasteiger partial charge in [0.15, 0.2) is 0 Å². The molecule has 18 heavy (non-hydrogen) atoms. The summed E-state index contributed by atoms with van der Waals surface area (Å²) in [6.07, 6.45) is 1.08. The van der Waals surface area contributed by atoms with Crippen molar-refractivity contribution in [2.24, 2.45) is 4.99 Å². The van der Waals surface area contributed by atoms with Crippen molar-refractivity contribution in [1.29, 1.82) is 0 Å². The molecule has 0 unspecified atom stereocenters. The molecule has 1 aromatic carbocycles. The van der Waals surface area contributed by atoms with Crippen molar-refractivity contribution in [2.45, 2.75) is 13.0 Å². The minimum atomic E-state index is 0.972. The van der Waals surface area contributed by atoms with Crippen LogP contribution in [0.1, 0.15) is 11.1 Å². The number of fused-ring (bicyclic) bond motifs is 1. The number of aliphatic imine (C=N–C) groups is 1. The predicted molar refractivity (Wildman–Crippen MR) is 74.2 cm³/mol. The molecular formula is C14H20N4. The molecular weight excluding hydrogens is 224 g/mol. The van der Waals surface area contributed by atoms with Crippen molar-refractivity contribution in [3.8, 4) is 0 Å². The molecule has 2 heterocycles. The number of hydrogen-bond acceptors (Lipinski definition) is 2. The van der Waals surface area contributed by atoms with Gasteiger partial charge in [-0.2, -0.15) is 0 Å². The fourth-order valence-electron chi connectivity index (χ4n) is 2.69. The summed E-state index contributed by atoms with van der Waals surface area (Å²) in [5.74, 6) is 1.09. The third kappa shape index (κ3) is 1.97. The molecule has 0 radical (unpaired) electrons. The largest absolute Gasteiger partial charge is 0.344 e. The van der Waals surface area contributed by atoms with Crippen LogP contribution < -0.4 is 5.32 Å². The van der Waals surface area contributed by atoms with E-state index in [0.717, 1.165) is 44.2 Å². The highest BCUT2D eigenvalue weighted by Gasteiger charge is 2.21. The number of nitrogens with zero attached hydrogens (tertiary/aromatic N) is 3. The molecule has 0 aromatic heterocycles. The van der Waals surface area contributed by atoms with Gasteiger partial charge in [0.25, 0.3) is 0 Å². The summed E-state index contributed by atoms with van der Waals surface area (Å²) in [5.41, 5.74) is 3.95.